The Kier molecular flexibility index (Phi) is 6.30. The zero-order valence-corrected chi connectivity index (χ0v) is 12.0. The molecule has 0 N–H and O–H groups in total. The molecule has 0 bridgehead atoms. The van der Waals surface area contributed by atoms with Gasteiger partial charge in [-0.3, -0.25) is 0 Å². The maximum absolute atomic E-state index is 13.2. The van der Waals surface area contributed by atoms with Gasteiger partial charge in [0.25, 0.3) is 0 Å². The molecule has 20 heavy (non-hydrogen) atoms. The van der Waals surface area contributed by atoms with E-state index in [1.165, 1.54) is 18.2 Å². The summed E-state index contributed by atoms with van der Waals surface area (Å²) in [6.07, 6.45) is 7.89. The van der Waals surface area contributed by atoms with Gasteiger partial charge in [-0.1, -0.05) is 30.9 Å². The van der Waals surface area contributed by atoms with Gasteiger partial charge >= 0.3 is 0 Å². The van der Waals surface area contributed by atoms with E-state index in [9.17, 15) is 4.39 Å². The SMILES string of the molecule is C=C\C=C(F)/C=C(C)/C=C/c1ccc(OC)c(OC)c1. The van der Waals surface area contributed by atoms with Crippen molar-refractivity contribution in [3.8, 4) is 11.5 Å². The quantitative estimate of drug-likeness (QED) is 0.700. The van der Waals surface area contributed by atoms with Gasteiger partial charge in [0, 0.05) is 0 Å². The average Bonchev–Trinajstić information content (AvgIpc) is 2.44. The Hall–Kier alpha value is -2.29. The summed E-state index contributed by atoms with van der Waals surface area (Å²) in [5, 5.41) is 0. The molecule has 0 saturated carbocycles. The number of hydrogen-bond donors (Lipinski definition) is 0. The Labute approximate surface area is 119 Å². The van der Waals surface area contributed by atoms with Gasteiger partial charge in [-0.25, -0.2) is 4.39 Å². The van der Waals surface area contributed by atoms with Gasteiger partial charge in [0.2, 0.25) is 0 Å². The van der Waals surface area contributed by atoms with Crippen LogP contribution in [-0.2, 0) is 0 Å². The highest BCUT2D eigenvalue weighted by molar-refractivity contribution is 5.58. The molecule has 0 saturated heterocycles. The van der Waals surface area contributed by atoms with Gasteiger partial charge in [-0.2, -0.15) is 0 Å². The van der Waals surface area contributed by atoms with Gasteiger partial charge in [0.1, 0.15) is 5.83 Å². The first-order chi connectivity index (χ1) is 9.60. The van der Waals surface area contributed by atoms with Crippen LogP contribution in [0.15, 0.2) is 60.5 Å². The van der Waals surface area contributed by atoms with Crippen LogP contribution in [0.3, 0.4) is 0 Å². The highest BCUT2D eigenvalue weighted by Gasteiger charge is 2.02. The van der Waals surface area contributed by atoms with Crippen molar-refractivity contribution in [3.05, 3.63) is 66.0 Å². The first kappa shape index (κ1) is 15.8. The summed E-state index contributed by atoms with van der Waals surface area (Å²) >= 11 is 0. The van der Waals surface area contributed by atoms with Gasteiger partial charge in [-0.05, 0) is 42.3 Å². The lowest BCUT2D eigenvalue weighted by Gasteiger charge is -2.07. The van der Waals surface area contributed by atoms with Crippen LogP contribution >= 0.6 is 0 Å². The number of ether oxygens (including phenoxy) is 2. The molecule has 0 amide bonds. The molecule has 2 nitrogen and oxygen atoms in total. The van der Waals surface area contributed by atoms with Crippen molar-refractivity contribution in [2.24, 2.45) is 0 Å². The van der Waals surface area contributed by atoms with Crippen LogP contribution in [0, 0.1) is 0 Å². The van der Waals surface area contributed by atoms with Crippen LogP contribution in [0.4, 0.5) is 4.39 Å². The molecule has 106 valence electrons. The van der Waals surface area contributed by atoms with E-state index < -0.39 is 0 Å². The van der Waals surface area contributed by atoms with Crippen LogP contribution in [0.25, 0.3) is 6.08 Å². The van der Waals surface area contributed by atoms with E-state index in [0.717, 1.165) is 11.1 Å². The molecule has 0 spiro atoms. The molecule has 0 aromatic heterocycles. The van der Waals surface area contributed by atoms with Crippen LogP contribution in [0.2, 0.25) is 0 Å². The standard InChI is InChI=1S/C17H19FO2/c1-5-6-15(18)11-13(2)7-8-14-9-10-16(19-3)17(12-14)20-4/h5-12H,1H2,2-4H3/b8-7+,13-11+,15-6+. The van der Waals surface area contributed by atoms with Gasteiger partial charge in [0.15, 0.2) is 11.5 Å². The van der Waals surface area contributed by atoms with Crippen molar-refractivity contribution in [1.29, 1.82) is 0 Å². The third kappa shape index (κ3) is 4.76. The second kappa shape index (κ2) is 8.00. The number of benzene rings is 1. The molecule has 1 aromatic carbocycles. The first-order valence-corrected chi connectivity index (χ1v) is 6.17. The minimum Gasteiger partial charge on any atom is -0.493 e. The van der Waals surface area contributed by atoms with Gasteiger partial charge < -0.3 is 9.47 Å². The largest absolute Gasteiger partial charge is 0.493 e. The average molecular weight is 274 g/mol. The fourth-order valence-corrected chi connectivity index (χ4v) is 1.61. The minimum absolute atomic E-state index is 0.325. The zero-order valence-electron chi connectivity index (χ0n) is 12.0. The van der Waals surface area contributed by atoms with Gasteiger partial charge in [-0.15, -0.1) is 0 Å². The fraction of sp³-hybridized carbons (Fsp3) is 0.176. The van der Waals surface area contributed by atoms with Crippen molar-refractivity contribution in [1.82, 2.24) is 0 Å². The van der Waals surface area contributed by atoms with E-state index in [4.69, 9.17) is 9.47 Å². The minimum atomic E-state index is -0.325. The van der Waals surface area contributed by atoms with E-state index in [1.54, 1.807) is 14.2 Å². The lowest BCUT2D eigenvalue weighted by atomic mass is 10.1. The van der Waals surface area contributed by atoms with Crippen LogP contribution in [0.5, 0.6) is 11.5 Å². The summed E-state index contributed by atoms with van der Waals surface area (Å²) in [7, 11) is 3.18. The Bertz CT molecular complexity index is 554. The highest BCUT2D eigenvalue weighted by Crippen LogP contribution is 2.28. The highest BCUT2D eigenvalue weighted by atomic mass is 19.1. The van der Waals surface area contributed by atoms with E-state index in [1.807, 2.05) is 37.3 Å². The molecular formula is C17H19FO2. The Morgan fingerprint density at radius 2 is 1.90 bits per heavy atom. The van der Waals surface area contributed by atoms with Crippen molar-refractivity contribution in [2.75, 3.05) is 14.2 Å². The van der Waals surface area contributed by atoms with E-state index in [2.05, 4.69) is 6.58 Å². The predicted octanol–water partition coefficient (Wildman–Crippen LogP) is 4.70. The molecule has 3 heteroatoms. The molecule has 0 unspecified atom stereocenters. The summed E-state index contributed by atoms with van der Waals surface area (Å²) in [5.74, 6) is 1.01. The molecule has 0 aliphatic heterocycles. The summed E-state index contributed by atoms with van der Waals surface area (Å²) in [6, 6.07) is 5.59. The third-order valence-electron chi connectivity index (χ3n) is 2.59. The number of halogens is 1. The Morgan fingerprint density at radius 1 is 1.20 bits per heavy atom. The van der Waals surface area contributed by atoms with E-state index >= 15 is 0 Å². The molecule has 1 rings (SSSR count). The summed E-state index contributed by atoms with van der Waals surface area (Å²) < 4.78 is 23.6. The van der Waals surface area contributed by atoms with Crippen LogP contribution in [0.1, 0.15) is 12.5 Å². The van der Waals surface area contributed by atoms with Crippen molar-refractivity contribution in [3.63, 3.8) is 0 Å². The monoisotopic (exact) mass is 274 g/mol. The van der Waals surface area contributed by atoms with Crippen molar-refractivity contribution < 1.29 is 13.9 Å². The Morgan fingerprint density at radius 3 is 2.50 bits per heavy atom. The maximum atomic E-state index is 13.2. The molecule has 0 radical (unpaired) electrons. The smallest absolute Gasteiger partial charge is 0.161 e. The predicted molar refractivity (Wildman–Crippen MR) is 81.7 cm³/mol. The first-order valence-electron chi connectivity index (χ1n) is 6.17. The summed E-state index contributed by atoms with van der Waals surface area (Å²) in [6.45, 7) is 5.27. The molecule has 0 aliphatic rings. The molecule has 0 heterocycles. The molecule has 0 atom stereocenters. The van der Waals surface area contributed by atoms with E-state index in [0.29, 0.717) is 11.5 Å². The number of hydrogen-bond acceptors (Lipinski definition) is 2. The summed E-state index contributed by atoms with van der Waals surface area (Å²) in [4.78, 5) is 0. The molecule has 0 aliphatic carbocycles. The second-order valence-electron chi connectivity index (χ2n) is 4.12. The van der Waals surface area contributed by atoms with Crippen molar-refractivity contribution in [2.45, 2.75) is 6.92 Å². The number of allylic oxidation sites excluding steroid dienone is 6. The van der Waals surface area contributed by atoms with E-state index in [-0.39, 0.29) is 5.83 Å². The molecular weight excluding hydrogens is 255 g/mol. The zero-order chi connectivity index (χ0) is 15.0. The lowest BCUT2D eigenvalue weighted by Crippen LogP contribution is -1.90. The number of rotatable bonds is 6. The van der Waals surface area contributed by atoms with Crippen LogP contribution < -0.4 is 9.47 Å². The van der Waals surface area contributed by atoms with Gasteiger partial charge in [0.05, 0.1) is 14.2 Å². The third-order valence-corrected chi connectivity index (χ3v) is 2.59. The molecule has 1 aromatic rings. The Balaban J connectivity index is 2.90. The lowest BCUT2D eigenvalue weighted by molar-refractivity contribution is 0.355. The summed E-state index contributed by atoms with van der Waals surface area (Å²) in [5.41, 5.74) is 1.75. The van der Waals surface area contributed by atoms with Crippen LogP contribution in [-0.4, -0.2) is 14.2 Å². The van der Waals surface area contributed by atoms with Crippen molar-refractivity contribution >= 4 is 6.08 Å². The fourth-order valence-electron chi connectivity index (χ4n) is 1.61. The molecule has 0 fully saturated rings. The topological polar surface area (TPSA) is 18.5 Å². The second-order valence-corrected chi connectivity index (χ2v) is 4.12. The number of methoxy groups -OCH3 is 2. The maximum Gasteiger partial charge on any atom is 0.161 e. The normalized spacial score (nSPS) is 12.6.